The maximum absolute atomic E-state index is 12.7. The van der Waals surface area contributed by atoms with Crippen molar-refractivity contribution in [2.75, 3.05) is 52.9 Å². The van der Waals surface area contributed by atoms with Gasteiger partial charge in [-0.3, -0.25) is 27.1 Å². The van der Waals surface area contributed by atoms with Crippen LogP contribution < -0.4 is 0 Å². The van der Waals surface area contributed by atoms with E-state index in [4.69, 9.17) is 36.6 Å². The molecule has 6 aliphatic rings. The summed E-state index contributed by atoms with van der Waals surface area (Å²) in [4.78, 5) is 25.4. The number of esters is 2. The summed E-state index contributed by atoms with van der Waals surface area (Å²) in [7, 11) is -6.92. The number of carbonyl (C=O) groups excluding carboxylic acids is 2. The van der Waals surface area contributed by atoms with Crippen molar-refractivity contribution in [1.29, 1.82) is 0 Å². The number of ether oxygens (including phenoxy) is 2. The maximum atomic E-state index is 12.7. The lowest BCUT2D eigenvalue weighted by Crippen LogP contribution is -2.48. The molecule has 12 nitrogen and oxygen atoms in total. The van der Waals surface area contributed by atoms with Crippen molar-refractivity contribution in [3.05, 3.63) is 32.2 Å². The van der Waals surface area contributed by atoms with Crippen molar-refractivity contribution in [1.82, 2.24) is 0 Å². The molecule has 1 aromatic rings. The summed E-state index contributed by atoms with van der Waals surface area (Å²) in [5.41, 5.74) is -1.14. The van der Waals surface area contributed by atoms with Crippen LogP contribution in [0.25, 0.3) is 0 Å². The zero-order valence-electron chi connectivity index (χ0n) is 17.4. The monoisotopic (exact) mass is 646 g/mol. The van der Waals surface area contributed by atoms with Gasteiger partial charge in [-0.05, 0) is 44.0 Å². The molecule has 6 fully saturated rings. The summed E-state index contributed by atoms with van der Waals surface area (Å²) in [5, 5.41) is 0. The Morgan fingerprint density at radius 3 is 1.29 bits per heavy atom. The molecule has 1 aromatic carbocycles. The number of carbonyl (C=O) groups is 2. The van der Waals surface area contributed by atoms with Crippen LogP contribution in [0.15, 0.2) is 21.1 Å². The highest BCUT2D eigenvalue weighted by atomic mass is 79.9. The number of phosphoric ester groups is 2. The summed E-state index contributed by atoms with van der Waals surface area (Å²) in [6.45, 7) is 0.407. The molecule has 6 aliphatic heterocycles. The Labute approximate surface area is 210 Å². The topological polar surface area (TPSA) is 142 Å². The Morgan fingerprint density at radius 2 is 1.00 bits per heavy atom. The van der Waals surface area contributed by atoms with Crippen LogP contribution >= 0.6 is 47.5 Å². The molecule has 6 saturated heterocycles. The molecule has 0 aliphatic carbocycles. The normalized spacial score (nSPS) is 36.3. The standard InChI is InChI=1S/C18H18Br2O12P2/c19-13-1-11(15(21)25-3-17-5-27-33(23,28-6-17)29-7-17)14(20)2-12(13)16(22)26-4-18-8-30-34(24,31-9-18)32-10-18/h1-2H,3-10H2. The highest BCUT2D eigenvalue weighted by Crippen LogP contribution is 2.60. The zero-order chi connectivity index (χ0) is 24.2. The van der Waals surface area contributed by atoms with Crippen molar-refractivity contribution in [2.45, 2.75) is 0 Å². The number of hydrogen-bond acceptors (Lipinski definition) is 12. The zero-order valence-corrected chi connectivity index (χ0v) is 22.3. The lowest BCUT2D eigenvalue weighted by molar-refractivity contribution is -0.117. The molecule has 0 unspecified atom stereocenters. The summed E-state index contributed by atoms with van der Waals surface area (Å²) in [5.74, 6) is -1.30. The molecule has 4 bridgehead atoms. The number of fused-ring (bicyclic) bond motifs is 6. The van der Waals surface area contributed by atoms with Gasteiger partial charge in [0.1, 0.15) is 13.2 Å². The van der Waals surface area contributed by atoms with Crippen molar-refractivity contribution in [2.24, 2.45) is 10.8 Å². The minimum absolute atomic E-state index is 0.0685. The molecule has 0 radical (unpaired) electrons. The molecular weight excluding hydrogens is 630 g/mol. The van der Waals surface area contributed by atoms with E-state index in [1.54, 1.807) is 0 Å². The van der Waals surface area contributed by atoms with E-state index in [0.717, 1.165) is 0 Å². The van der Waals surface area contributed by atoms with Gasteiger partial charge in [-0.2, -0.15) is 0 Å². The third-order valence-corrected chi connectivity index (χ3v) is 9.67. The van der Waals surface area contributed by atoms with Crippen LogP contribution in [0.4, 0.5) is 0 Å². The molecule has 34 heavy (non-hydrogen) atoms. The van der Waals surface area contributed by atoms with Crippen LogP contribution in [0, 0.1) is 10.8 Å². The third kappa shape index (κ3) is 4.82. The summed E-state index contributed by atoms with van der Waals surface area (Å²) < 4.78 is 65.7. The van der Waals surface area contributed by atoms with E-state index in [1.807, 2.05) is 0 Å². The maximum Gasteiger partial charge on any atom is 0.474 e. The third-order valence-electron chi connectivity index (χ3n) is 5.69. The second-order valence-electron chi connectivity index (χ2n) is 8.50. The highest BCUT2D eigenvalue weighted by molar-refractivity contribution is 9.11. The molecule has 6 heterocycles. The minimum atomic E-state index is -3.46. The minimum Gasteiger partial charge on any atom is -0.461 e. The van der Waals surface area contributed by atoms with Crippen molar-refractivity contribution < 1.29 is 55.3 Å². The molecule has 16 heteroatoms. The van der Waals surface area contributed by atoms with Gasteiger partial charge in [0.05, 0.1) is 61.6 Å². The molecule has 0 spiro atoms. The van der Waals surface area contributed by atoms with Crippen LogP contribution in [0.2, 0.25) is 0 Å². The number of rotatable bonds is 6. The van der Waals surface area contributed by atoms with Gasteiger partial charge in [0.25, 0.3) is 0 Å². The average Bonchev–Trinajstić information content (AvgIpc) is 2.84. The Kier molecular flexibility index (Phi) is 6.64. The largest absolute Gasteiger partial charge is 0.474 e. The fourth-order valence-corrected chi connectivity index (χ4v) is 7.52. The van der Waals surface area contributed by atoms with Crippen molar-refractivity contribution in [3.8, 4) is 0 Å². The Balaban J connectivity index is 1.21. The number of halogens is 2. The van der Waals surface area contributed by atoms with Gasteiger partial charge in [-0.25, -0.2) is 18.7 Å². The lowest BCUT2D eigenvalue weighted by atomic mass is 9.92. The highest BCUT2D eigenvalue weighted by Gasteiger charge is 2.52. The van der Waals surface area contributed by atoms with E-state index in [2.05, 4.69) is 31.9 Å². The van der Waals surface area contributed by atoms with Crippen LogP contribution in [0.5, 0.6) is 0 Å². The molecule has 186 valence electrons. The van der Waals surface area contributed by atoms with Crippen molar-refractivity contribution in [3.63, 3.8) is 0 Å². The smallest absolute Gasteiger partial charge is 0.461 e. The van der Waals surface area contributed by atoms with E-state index in [0.29, 0.717) is 8.95 Å². The molecule has 7 rings (SSSR count). The predicted molar refractivity (Wildman–Crippen MR) is 118 cm³/mol. The SMILES string of the molecule is O=C(OCC12COP(=O)(OC1)OC2)c1cc(Br)c(C(=O)OCC23COP(=O)(OC2)OC3)cc1Br. The second-order valence-corrected chi connectivity index (χ2v) is 13.5. The first kappa shape index (κ1) is 25.0. The molecule has 0 N–H and O–H groups in total. The van der Waals surface area contributed by atoms with Gasteiger partial charge < -0.3 is 9.47 Å². The lowest BCUT2D eigenvalue weighted by Gasteiger charge is -2.43. The van der Waals surface area contributed by atoms with E-state index >= 15 is 0 Å². The second kappa shape index (κ2) is 9.02. The quantitative estimate of drug-likeness (QED) is 0.327. The average molecular weight is 648 g/mol. The summed E-state index contributed by atoms with van der Waals surface area (Å²) >= 11 is 6.59. The van der Waals surface area contributed by atoms with Crippen LogP contribution in [-0.2, 0) is 45.7 Å². The van der Waals surface area contributed by atoms with E-state index in [9.17, 15) is 18.7 Å². The van der Waals surface area contributed by atoms with Crippen molar-refractivity contribution >= 4 is 59.4 Å². The molecule has 0 saturated carbocycles. The van der Waals surface area contributed by atoms with E-state index < -0.39 is 38.4 Å². The summed E-state index contributed by atoms with van der Waals surface area (Å²) in [6, 6.07) is 2.87. The van der Waals surface area contributed by atoms with Crippen LogP contribution in [-0.4, -0.2) is 64.8 Å². The Hall–Kier alpha value is -0.660. The van der Waals surface area contributed by atoms with Gasteiger partial charge in [0, 0.05) is 8.95 Å². The fraction of sp³-hybridized carbons (Fsp3) is 0.556. The van der Waals surface area contributed by atoms with Crippen LogP contribution in [0.3, 0.4) is 0 Å². The molecule has 0 aromatic heterocycles. The van der Waals surface area contributed by atoms with E-state index in [1.165, 1.54) is 12.1 Å². The molecular formula is C18H18Br2O12P2. The molecule has 0 amide bonds. The fourth-order valence-electron chi connectivity index (χ4n) is 3.47. The summed E-state index contributed by atoms with van der Waals surface area (Å²) in [6.07, 6.45) is 0. The Bertz CT molecular complexity index is 990. The Morgan fingerprint density at radius 1 is 0.706 bits per heavy atom. The van der Waals surface area contributed by atoms with E-state index in [-0.39, 0.29) is 64.0 Å². The van der Waals surface area contributed by atoms with Gasteiger partial charge in [0.2, 0.25) is 0 Å². The van der Waals surface area contributed by atoms with Gasteiger partial charge >= 0.3 is 27.6 Å². The first-order chi connectivity index (χ1) is 16.0. The first-order valence-electron chi connectivity index (χ1n) is 9.95. The van der Waals surface area contributed by atoms with Crippen LogP contribution in [0.1, 0.15) is 20.7 Å². The number of phosphoric acid groups is 2. The predicted octanol–water partition coefficient (Wildman–Crippen LogP) is 3.87. The number of benzene rings is 1. The molecule has 0 atom stereocenters. The van der Waals surface area contributed by atoms with Gasteiger partial charge in [-0.1, -0.05) is 0 Å². The first-order valence-corrected chi connectivity index (χ1v) is 14.5. The van der Waals surface area contributed by atoms with Gasteiger partial charge in [-0.15, -0.1) is 0 Å². The number of hydrogen-bond donors (Lipinski definition) is 0. The van der Waals surface area contributed by atoms with Gasteiger partial charge in [0.15, 0.2) is 0 Å².